The van der Waals surface area contributed by atoms with Gasteiger partial charge in [-0.3, -0.25) is 4.79 Å². The van der Waals surface area contributed by atoms with Gasteiger partial charge in [-0.25, -0.2) is 17.7 Å². The number of hydrogen-bond acceptors (Lipinski definition) is 5. The van der Waals surface area contributed by atoms with Crippen molar-refractivity contribution in [2.24, 2.45) is 0 Å². The van der Waals surface area contributed by atoms with E-state index in [9.17, 15) is 13.2 Å². The number of imidazole rings is 1. The zero-order valence-electron chi connectivity index (χ0n) is 19.4. The van der Waals surface area contributed by atoms with Crippen LogP contribution in [-0.4, -0.2) is 42.1 Å². The summed E-state index contributed by atoms with van der Waals surface area (Å²) in [5, 5.41) is 2.82. The van der Waals surface area contributed by atoms with Crippen LogP contribution in [0.2, 0.25) is 0 Å². The maximum Gasteiger partial charge on any atom is 0.259 e. The van der Waals surface area contributed by atoms with Crippen molar-refractivity contribution >= 4 is 27.3 Å². The molecule has 0 unspecified atom stereocenters. The van der Waals surface area contributed by atoms with E-state index in [1.165, 1.54) is 26.2 Å². The Balaban J connectivity index is 1.55. The molecule has 2 aromatic carbocycles. The van der Waals surface area contributed by atoms with Crippen LogP contribution in [-0.2, 0) is 16.6 Å². The Labute approximate surface area is 198 Å². The van der Waals surface area contributed by atoms with Crippen molar-refractivity contribution in [3.8, 4) is 5.75 Å². The van der Waals surface area contributed by atoms with Gasteiger partial charge >= 0.3 is 0 Å². The molecular formula is C25H26N4O4S. The SMILES string of the molecule is Cc1ccc(S(=O)(=O)N(C)C)cc1NC(=O)c1ccccc1OCc1cn2cccc(C)c2n1. The molecule has 176 valence electrons. The van der Waals surface area contributed by atoms with Crippen LogP contribution in [0.25, 0.3) is 5.65 Å². The van der Waals surface area contributed by atoms with Crippen molar-refractivity contribution in [3.63, 3.8) is 0 Å². The molecule has 2 aromatic heterocycles. The minimum Gasteiger partial charge on any atom is -0.486 e. The Bertz CT molecular complexity index is 1480. The number of nitrogens with one attached hydrogen (secondary N) is 1. The average Bonchev–Trinajstić information content (AvgIpc) is 3.23. The molecule has 0 fully saturated rings. The molecule has 0 saturated heterocycles. The number of nitrogens with zero attached hydrogens (tertiary/aromatic N) is 3. The zero-order chi connectivity index (χ0) is 24.5. The summed E-state index contributed by atoms with van der Waals surface area (Å²) in [5.74, 6) is 0.00689. The van der Waals surface area contributed by atoms with Crippen molar-refractivity contribution in [3.05, 3.63) is 89.4 Å². The number of amides is 1. The van der Waals surface area contributed by atoms with Gasteiger partial charge in [0.05, 0.1) is 16.2 Å². The topological polar surface area (TPSA) is 93.0 Å². The fourth-order valence-electron chi connectivity index (χ4n) is 3.50. The number of pyridine rings is 1. The summed E-state index contributed by atoms with van der Waals surface area (Å²) >= 11 is 0. The van der Waals surface area contributed by atoms with Gasteiger partial charge in [-0.2, -0.15) is 0 Å². The van der Waals surface area contributed by atoms with Crippen molar-refractivity contribution < 1.29 is 17.9 Å². The van der Waals surface area contributed by atoms with Gasteiger partial charge in [0.2, 0.25) is 10.0 Å². The Morgan fingerprint density at radius 1 is 1.06 bits per heavy atom. The number of ether oxygens (including phenoxy) is 1. The number of sulfonamides is 1. The highest BCUT2D eigenvalue weighted by atomic mass is 32.2. The number of carbonyl (C=O) groups is 1. The smallest absolute Gasteiger partial charge is 0.259 e. The number of aryl methyl sites for hydroxylation is 2. The summed E-state index contributed by atoms with van der Waals surface area (Å²) in [6.07, 6.45) is 3.82. The molecule has 0 aliphatic heterocycles. The summed E-state index contributed by atoms with van der Waals surface area (Å²) in [6, 6.07) is 15.5. The van der Waals surface area contributed by atoms with Gasteiger partial charge in [0.1, 0.15) is 18.0 Å². The second kappa shape index (κ2) is 9.28. The predicted molar refractivity (Wildman–Crippen MR) is 131 cm³/mol. The average molecular weight is 479 g/mol. The maximum absolute atomic E-state index is 13.1. The third-order valence-corrected chi connectivity index (χ3v) is 7.28. The molecule has 0 radical (unpaired) electrons. The van der Waals surface area contributed by atoms with Crippen molar-refractivity contribution in [2.45, 2.75) is 25.3 Å². The quantitative estimate of drug-likeness (QED) is 0.433. The lowest BCUT2D eigenvalue weighted by atomic mass is 10.1. The number of hydrogen-bond donors (Lipinski definition) is 1. The van der Waals surface area contributed by atoms with Gasteiger partial charge in [-0.05, 0) is 55.3 Å². The molecule has 0 bridgehead atoms. The van der Waals surface area contributed by atoms with Crippen LogP contribution >= 0.6 is 0 Å². The van der Waals surface area contributed by atoms with E-state index in [4.69, 9.17) is 4.74 Å². The first kappa shape index (κ1) is 23.5. The molecule has 34 heavy (non-hydrogen) atoms. The van der Waals surface area contributed by atoms with Crippen LogP contribution in [0, 0.1) is 13.8 Å². The van der Waals surface area contributed by atoms with Gasteiger partial charge in [-0.15, -0.1) is 0 Å². The van der Waals surface area contributed by atoms with Crippen LogP contribution in [0.5, 0.6) is 5.75 Å². The van der Waals surface area contributed by atoms with Crippen LogP contribution in [0.3, 0.4) is 0 Å². The highest BCUT2D eigenvalue weighted by molar-refractivity contribution is 7.89. The second-order valence-electron chi connectivity index (χ2n) is 8.16. The number of benzene rings is 2. The summed E-state index contributed by atoms with van der Waals surface area (Å²) in [4.78, 5) is 17.8. The normalized spacial score (nSPS) is 11.7. The largest absolute Gasteiger partial charge is 0.486 e. The lowest BCUT2D eigenvalue weighted by molar-refractivity contribution is 0.102. The number of rotatable bonds is 7. The number of fused-ring (bicyclic) bond motifs is 1. The monoisotopic (exact) mass is 478 g/mol. The van der Waals surface area contributed by atoms with Crippen LogP contribution in [0.4, 0.5) is 5.69 Å². The van der Waals surface area contributed by atoms with Crippen LogP contribution in [0.15, 0.2) is 71.9 Å². The minimum absolute atomic E-state index is 0.102. The molecule has 1 amide bonds. The summed E-state index contributed by atoms with van der Waals surface area (Å²) in [5.41, 5.74) is 4.14. The Morgan fingerprint density at radius 2 is 1.82 bits per heavy atom. The van der Waals surface area contributed by atoms with Gasteiger partial charge in [-0.1, -0.05) is 24.3 Å². The lowest BCUT2D eigenvalue weighted by Gasteiger charge is -2.15. The third kappa shape index (κ3) is 4.66. The number of aromatic nitrogens is 2. The molecular weight excluding hydrogens is 452 g/mol. The molecule has 9 heteroatoms. The molecule has 8 nitrogen and oxygen atoms in total. The summed E-state index contributed by atoms with van der Waals surface area (Å²) < 4.78 is 34.0. The third-order valence-electron chi connectivity index (χ3n) is 5.47. The van der Waals surface area contributed by atoms with E-state index in [0.29, 0.717) is 17.0 Å². The van der Waals surface area contributed by atoms with Gasteiger partial charge < -0.3 is 14.5 Å². The van der Waals surface area contributed by atoms with E-state index in [0.717, 1.165) is 26.8 Å². The first-order valence-electron chi connectivity index (χ1n) is 10.7. The van der Waals surface area contributed by atoms with Crippen molar-refractivity contribution in [2.75, 3.05) is 19.4 Å². The molecule has 0 atom stereocenters. The van der Waals surface area contributed by atoms with E-state index in [-0.39, 0.29) is 11.5 Å². The minimum atomic E-state index is -3.63. The first-order chi connectivity index (χ1) is 16.2. The van der Waals surface area contributed by atoms with Gasteiger partial charge in [0, 0.05) is 32.2 Å². The Morgan fingerprint density at radius 3 is 2.56 bits per heavy atom. The fraction of sp³-hybridized carbons (Fsp3) is 0.200. The van der Waals surface area contributed by atoms with E-state index >= 15 is 0 Å². The number of carbonyl (C=O) groups excluding carboxylic acids is 1. The molecule has 4 aromatic rings. The molecule has 2 heterocycles. The van der Waals surface area contributed by atoms with Crippen molar-refractivity contribution in [1.29, 1.82) is 0 Å². The molecule has 1 N–H and O–H groups in total. The Kier molecular flexibility index (Phi) is 6.41. The van der Waals surface area contributed by atoms with Crippen molar-refractivity contribution in [1.82, 2.24) is 13.7 Å². The molecule has 0 aliphatic rings. The van der Waals surface area contributed by atoms with E-state index < -0.39 is 15.9 Å². The fourth-order valence-corrected chi connectivity index (χ4v) is 4.43. The van der Waals surface area contributed by atoms with E-state index in [2.05, 4.69) is 10.3 Å². The maximum atomic E-state index is 13.1. The molecule has 0 aliphatic carbocycles. The zero-order valence-corrected chi connectivity index (χ0v) is 20.3. The number of anilines is 1. The highest BCUT2D eigenvalue weighted by Crippen LogP contribution is 2.25. The first-order valence-corrected chi connectivity index (χ1v) is 12.1. The standard InChI is InChI=1S/C25H26N4O4S/c1-17-11-12-20(34(31,32)28(3)4)14-22(17)27-25(30)21-9-5-6-10-23(21)33-16-19-15-29-13-7-8-18(2)24(29)26-19/h5-15H,16H2,1-4H3,(H,27,30). The van der Waals surface area contributed by atoms with E-state index in [1.807, 2.05) is 35.9 Å². The summed E-state index contributed by atoms with van der Waals surface area (Å²) in [7, 11) is -0.702. The van der Waals surface area contributed by atoms with E-state index in [1.54, 1.807) is 37.3 Å². The predicted octanol–water partition coefficient (Wildman–Crippen LogP) is 4.03. The van der Waals surface area contributed by atoms with Gasteiger partial charge in [0.15, 0.2) is 0 Å². The molecule has 0 saturated carbocycles. The highest BCUT2D eigenvalue weighted by Gasteiger charge is 2.20. The van der Waals surface area contributed by atoms with Crippen LogP contribution < -0.4 is 10.1 Å². The summed E-state index contributed by atoms with van der Waals surface area (Å²) in [6.45, 7) is 3.99. The Hall–Kier alpha value is -3.69. The second-order valence-corrected chi connectivity index (χ2v) is 10.3. The molecule has 0 spiro atoms. The number of para-hydroxylation sites is 1. The molecule has 4 rings (SSSR count). The lowest BCUT2D eigenvalue weighted by Crippen LogP contribution is -2.22. The van der Waals surface area contributed by atoms with Gasteiger partial charge in [0.25, 0.3) is 5.91 Å². The van der Waals surface area contributed by atoms with Crippen LogP contribution in [0.1, 0.15) is 27.2 Å².